The van der Waals surface area contributed by atoms with Crippen LogP contribution in [0, 0.1) is 0 Å². The minimum Gasteiger partial charge on any atom is -0.503 e. The van der Waals surface area contributed by atoms with Crippen molar-refractivity contribution in [3.8, 4) is 5.75 Å². The predicted molar refractivity (Wildman–Crippen MR) is 89.2 cm³/mol. The molecule has 0 bridgehead atoms. The van der Waals surface area contributed by atoms with Crippen LogP contribution in [-0.2, 0) is 13.1 Å². The highest BCUT2D eigenvalue weighted by molar-refractivity contribution is 5.29. The topological polar surface area (TPSA) is 45.5 Å². The van der Waals surface area contributed by atoms with Crippen LogP contribution in [0.5, 0.6) is 5.75 Å². The number of aromatic nitrogens is 1. The molecule has 1 heterocycles. The van der Waals surface area contributed by atoms with Gasteiger partial charge in [-0.25, -0.2) is 0 Å². The zero-order chi connectivity index (χ0) is 15.9. The van der Waals surface area contributed by atoms with Crippen molar-refractivity contribution in [2.24, 2.45) is 0 Å². The molecule has 22 heavy (non-hydrogen) atoms. The van der Waals surface area contributed by atoms with E-state index in [9.17, 15) is 9.90 Å². The van der Waals surface area contributed by atoms with Crippen LogP contribution >= 0.6 is 0 Å². The molecule has 1 aromatic heterocycles. The second-order valence-corrected chi connectivity index (χ2v) is 5.48. The second-order valence-electron chi connectivity index (χ2n) is 5.48. The highest BCUT2D eigenvalue weighted by atomic mass is 16.3. The lowest BCUT2D eigenvalue weighted by Crippen LogP contribution is -2.26. The minimum atomic E-state index is -0.325. The van der Waals surface area contributed by atoms with Gasteiger partial charge in [0.2, 0.25) is 0 Å². The molecule has 118 valence electrons. The third-order valence-corrected chi connectivity index (χ3v) is 3.80. The Morgan fingerprint density at radius 1 is 1.14 bits per heavy atom. The number of nitrogens with zero attached hydrogens (tertiary/aromatic N) is 2. The molecule has 0 aliphatic carbocycles. The van der Waals surface area contributed by atoms with Crippen LogP contribution in [-0.4, -0.2) is 27.7 Å². The molecule has 0 aliphatic rings. The quantitative estimate of drug-likeness (QED) is 0.855. The van der Waals surface area contributed by atoms with Gasteiger partial charge in [0.05, 0.1) is 6.54 Å². The van der Waals surface area contributed by atoms with Gasteiger partial charge in [-0.2, -0.15) is 0 Å². The van der Waals surface area contributed by atoms with E-state index >= 15 is 0 Å². The average Bonchev–Trinajstić information content (AvgIpc) is 2.54. The van der Waals surface area contributed by atoms with E-state index < -0.39 is 0 Å². The monoisotopic (exact) mass is 300 g/mol. The molecule has 0 saturated carbocycles. The van der Waals surface area contributed by atoms with E-state index in [0.29, 0.717) is 18.7 Å². The Bertz CT molecular complexity index is 650. The molecule has 0 atom stereocenters. The summed E-state index contributed by atoms with van der Waals surface area (Å²) in [5.41, 5.74) is 1.41. The standard InChI is InChI=1S/C18H24N2O2/c1-3-11-19(4-2)14-16-10-12-20(18(22)17(16)21)13-15-8-6-5-7-9-15/h5-10,12,21H,3-4,11,13-14H2,1-2H3. The molecule has 1 aromatic carbocycles. The Kier molecular flexibility index (Phi) is 5.78. The Balaban J connectivity index is 2.20. The molecular formula is C18H24N2O2. The molecule has 0 spiro atoms. The highest BCUT2D eigenvalue weighted by Gasteiger charge is 2.11. The molecule has 0 radical (unpaired) electrons. The van der Waals surface area contributed by atoms with Crippen LogP contribution in [0.25, 0.3) is 0 Å². The van der Waals surface area contributed by atoms with Crippen molar-refractivity contribution in [1.29, 1.82) is 0 Å². The van der Waals surface area contributed by atoms with Crippen molar-refractivity contribution in [2.45, 2.75) is 33.4 Å². The van der Waals surface area contributed by atoms with Gasteiger partial charge in [0.15, 0.2) is 5.75 Å². The lowest BCUT2D eigenvalue weighted by molar-refractivity contribution is 0.275. The summed E-state index contributed by atoms with van der Waals surface area (Å²) in [4.78, 5) is 14.5. The summed E-state index contributed by atoms with van der Waals surface area (Å²) in [5.74, 6) is -0.131. The van der Waals surface area contributed by atoms with E-state index in [2.05, 4.69) is 18.7 Å². The van der Waals surface area contributed by atoms with Crippen molar-refractivity contribution in [1.82, 2.24) is 9.47 Å². The maximum atomic E-state index is 12.3. The summed E-state index contributed by atoms with van der Waals surface area (Å²) in [6.07, 6.45) is 2.82. The molecule has 0 saturated heterocycles. The van der Waals surface area contributed by atoms with Gasteiger partial charge in [0.1, 0.15) is 0 Å². The van der Waals surface area contributed by atoms with Crippen LogP contribution in [0.1, 0.15) is 31.4 Å². The van der Waals surface area contributed by atoms with Crippen molar-refractivity contribution < 1.29 is 5.11 Å². The smallest absolute Gasteiger partial charge is 0.293 e. The lowest BCUT2D eigenvalue weighted by Gasteiger charge is -2.20. The fraction of sp³-hybridized carbons (Fsp3) is 0.389. The molecule has 0 amide bonds. The van der Waals surface area contributed by atoms with Crippen molar-refractivity contribution in [3.63, 3.8) is 0 Å². The van der Waals surface area contributed by atoms with E-state index in [-0.39, 0.29) is 11.3 Å². The third kappa shape index (κ3) is 3.98. The van der Waals surface area contributed by atoms with Gasteiger partial charge >= 0.3 is 0 Å². The normalized spacial score (nSPS) is 11.0. The molecule has 1 N–H and O–H groups in total. The largest absolute Gasteiger partial charge is 0.503 e. The highest BCUT2D eigenvalue weighted by Crippen LogP contribution is 2.14. The second kappa shape index (κ2) is 7.80. The van der Waals surface area contributed by atoms with Crippen molar-refractivity contribution >= 4 is 0 Å². The molecule has 0 unspecified atom stereocenters. The van der Waals surface area contributed by atoms with Gasteiger partial charge in [0.25, 0.3) is 5.56 Å². The molecule has 2 rings (SSSR count). The van der Waals surface area contributed by atoms with Crippen molar-refractivity contribution in [2.75, 3.05) is 13.1 Å². The Labute approximate surface area is 131 Å². The number of aromatic hydroxyl groups is 1. The Morgan fingerprint density at radius 3 is 2.50 bits per heavy atom. The summed E-state index contributed by atoms with van der Waals surface area (Å²) in [6, 6.07) is 11.6. The van der Waals surface area contributed by atoms with E-state index in [1.54, 1.807) is 10.8 Å². The first-order valence-corrected chi connectivity index (χ1v) is 7.83. The number of benzene rings is 1. The first kappa shape index (κ1) is 16.3. The van der Waals surface area contributed by atoms with E-state index in [0.717, 1.165) is 25.1 Å². The predicted octanol–water partition coefficient (Wildman–Crippen LogP) is 2.83. The van der Waals surface area contributed by atoms with Gasteiger partial charge < -0.3 is 9.67 Å². The Hall–Kier alpha value is -2.07. The summed E-state index contributed by atoms with van der Waals surface area (Å²) >= 11 is 0. The van der Waals surface area contributed by atoms with Crippen LogP contribution in [0.4, 0.5) is 0 Å². The maximum absolute atomic E-state index is 12.3. The van der Waals surface area contributed by atoms with Crippen LogP contribution in [0.2, 0.25) is 0 Å². The van der Waals surface area contributed by atoms with Crippen LogP contribution in [0.15, 0.2) is 47.4 Å². The molecule has 0 fully saturated rings. The summed E-state index contributed by atoms with van der Waals surface area (Å²) in [5, 5.41) is 10.2. The van der Waals surface area contributed by atoms with Crippen LogP contribution in [0.3, 0.4) is 0 Å². The van der Waals surface area contributed by atoms with E-state index in [4.69, 9.17) is 0 Å². The first-order chi connectivity index (χ1) is 10.7. The zero-order valence-corrected chi connectivity index (χ0v) is 13.3. The van der Waals surface area contributed by atoms with E-state index in [1.165, 1.54) is 0 Å². The number of rotatable bonds is 7. The van der Waals surface area contributed by atoms with Gasteiger partial charge in [-0.3, -0.25) is 9.69 Å². The average molecular weight is 300 g/mol. The molecule has 0 aliphatic heterocycles. The number of pyridine rings is 1. The third-order valence-electron chi connectivity index (χ3n) is 3.80. The molecule has 2 aromatic rings. The fourth-order valence-electron chi connectivity index (χ4n) is 2.54. The van der Waals surface area contributed by atoms with Gasteiger partial charge in [-0.1, -0.05) is 44.2 Å². The lowest BCUT2D eigenvalue weighted by atomic mass is 10.2. The Morgan fingerprint density at radius 2 is 1.86 bits per heavy atom. The molecular weight excluding hydrogens is 276 g/mol. The zero-order valence-electron chi connectivity index (χ0n) is 13.3. The summed E-state index contributed by atoms with van der Waals surface area (Å²) in [6.45, 7) is 7.16. The molecule has 4 nitrogen and oxygen atoms in total. The number of hydrogen-bond donors (Lipinski definition) is 1. The summed E-state index contributed by atoms with van der Waals surface area (Å²) < 4.78 is 1.55. The minimum absolute atomic E-state index is 0.131. The SMILES string of the molecule is CCCN(CC)Cc1ccn(Cc2ccccc2)c(=O)c1O. The first-order valence-electron chi connectivity index (χ1n) is 7.83. The number of hydrogen-bond acceptors (Lipinski definition) is 3. The van der Waals surface area contributed by atoms with E-state index in [1.807, 2.05) is 36.4 Å². The van der Waals surface area contributed by atoms with Crippen molar-refractivity contribution in [3.05, 3.63) is 64.1 Å². The van der Waals surface area contributed by atoms with Gasteiger partial charge in [0, 0.05) is 18.3 Å². The fourth-order valence-corrected chi connectivity index (χ4v) is 2.54. The maximum Gasteiger partial charge on any atom is 0.293 e. The van der Waals surface area contributed by atoms with Crippen LogP contribution < -0.4 is 5.56 Å². The molecule has 4 heteroatoms. The van der Waals surface area contributed by atoms with Gasteiger partial charge in [-0.15, -0.1) is 0 Å². The van der Waals surface area contributed by atoms with Gasteiger partial charge in [-0.05, 0) is 31.1 Å². The summed E-state index contributed by atoms with van der Waals surface area (Å²) in [7, 11) is 0.